The van der Waals surface area contributed by atoms with Crippen LogP contribution in [0.5, 0.6) is 11.5 Å². The Morgan fingerprint density at radius 3 is 2.46 bits per heavy atom. The molecule has 1 unspecified atom stereocenters. The summed E-state index contributed by atoms with van der Waals surface area (Å²) in [6, 6.07) is 11.7. The molecule has 142 valence electrons. The fraction of sp³-hybridized carbons (Fsp3) is 0.429. The van der Waals surface area contributed by atoms with Crippen LogP contribution in [0.4, 0.5) is 0 Å². The number of fused-ring (bicyclic) bond motifs is 1. The van der Waals surface area contributed by atoms with Crippen LogP contribution in [-0.2, 0) is 0 Å². The van der Waals surface area contributed by atoms with Crippen molar-refractivity contribution in [2.75, 3.05) is 34.4 Å². The molecule has 1 heterocycles. The zero-order chi connectivity index (χ0) is 20.5. The number of ether oxygens (including phenoxy) is 2. The van der Waals surface area contributed by atoms with Crippen LogP contribution in [0.15, 0.2) is 29.8 Å². The predicted octanol–water partition coefficient (Wildman–Crippen LogP) is 2.48. The van der Waals surface area contributed by atoms with Gasteiger partial charge < -0.3 is 19.8 Å². The van der Waals surface area contributed by atoms with Gasteiger partial charge in [0, 0.05) is 30.5 Å². The Kier molecular flexibility index (Phi) is 5.10. The van der Waals surface area contributed by atoms with E-state index in [0.29, 0.717) is 30.2 Å². The van der Waals surface area contributed by atoms with Crippen molar-refractivity contribution in [2.24, 2.45) is 17.3 Å². The predicted molar refractivity (Wildman–Crippen MR) is 102 cm³/mol. The maximum atomic E-state index is 10.1. The van der Waals surface area contributed by atoms with Crippen molar-refractivity contribution in [3.8, 4) is 29.7 Å². The van der Waals surface area contributed by atoms with Crippen LogP contribution in [0, 0.1) is 56.7 Å². The smallest absolute Gasteiger partial charge is 0.189 e. The second-order valence-corrected chi connectivity index (χ2v) is 7.10. The third kappa shape index (κ3) is 2.62. The van der Waals surface area contributed by atoms with Crippen LogP contribution in [0.25, 0.3) is 0 Å². The molecule has 0 saturated heterocycles. The molecule has 7 heteroatoms. The number of benzene rings is 1. The zero-order valence-electron chi connectivity index (χ0n) is 16.1. The van der Waals surface area contributed by atoms with Crippen LogP contribution in [0.2, 0.25) is 0 Å². The largest absolute Gasteiger partial charge is 0.493 e. The Labute approximate surface area is 164 Å². The monoisotopic (exact) mass is 375 g/mol. The van der Waals surface area contributed by atoms with E-state index >= 15 is 0 Å². The minimum atomic E-state index is -1.76. The van der Waals surface area contributed by atoms with Crippen molar-refractivity contribution >= 4 is 5.71 Å². The number of rotatable bonds is 3. The summed E-state index contributed by atoms with van der Waals surface area (Å²) in [6.45, 7) is 1.23. The quantitative estimate of drug-likeness (QED) is 0.811. The molecule has 1 aromatic rings. The molecule has 1 aliphatic carbocycles. The van der Waals surface area contributed by atoms with Crippen molar-refractivity contribution in [1.29, 1.82) is 21.2 Å². The van der Waals surface area contributed by atoms with E-state index in [-0.39, 0.29) is 11.6 Å². The summed E-state index contributed by atoms with van der Waals surface area (Å²) in [7, 11) is 4.99. The van der Waals surface area contributed by atoms with Crippen molar-refractivity contribution in [3.63, 3.8) is 0 Å². The van der Waals surface area contributed by atoms with Gasteiger partial charge in [0.2, 0.25) is 0 Å². The standard InChI is InChI=1S/C21H21N5O2/c1-26-8-7-13-15(9-22)20(25)21(11-23,12-24)18(16(13)10-26)14-5-4-6-17(27-2)19(14)28-3/h4-7,15-16,18,25H,8,10H2,1-3H3/t15?,16-,18-/m0/s1. The molecular formula is C21H21N5O2. The maximum absolute atomic E-state index is 10.1. The lowest BCUT2D eigenvalue weighted by atomic mass is 9.54. The molecule has 0 spiro atoms. The highest BCUT2D eigenvalue weighted by Gasteiger charge is 2.58. The number of nitrogens with zero attached hydrogens (tertiary/aromatic N) is 4. The van der Waals surface area contributed by atoms with E-state index in [0.717, 1.165) is 5.57 Å². The molecule has 0 radical (unpaired) electrons. The normalized spacial score (nSPS) is 26.1. The minimum Gasteiger partial charge on any atom is -0.493 e. The maximum Gasteiger partial charge on any atom is 0.189 e. The number of nitriles is 3. The third-order valence-electron chi connectivity index (χ3n) is 5.74. The number of hydrogen-bond donors (Lipinski definition) is 1. The lowest BCUT2D eigenvalue weighted by Crippen LogP contribution is -2.52. The summed E-state index contributed by atoms with van der Waals surface area (Å²) in [6.07, 6.45) is 1.95. The molecule has 0 bridgehead atoms. The molecule has 1 aliphatic heterocycles. The van der Waals surface area contributed by atoms with Gasteiger partial charge in [0.25, 0.3) is 0 Å². The van der Waals surface area contributed by atoms with Crippen LogP contribution < -0.4 is 9.47 Å². The Morgan fingerprint density at radius 1 is 1.18 bits per heavy atom. The second-order valence-electron chi connectivity index (χ2n) is 7.10. The Balaban J connectivity index is 2.34. The molecule has 1 N–H and O–H groups in total. The molecule has 0 aromatic heterocycles. The molecule has 0 amide bonds. The van der Waals surface area contributed by atoms with E-state index in [1.807, 2.05) is 19.2 Å². The van der Waals surface area contributed by atoms with E-state index in [2.05, 4.69) is 23.1 Å². The fourth-order valence-electron chi connectivity index (χ4n) is 4.45. The minimum absolute atomic E-state index is 0.165. The van der Waals surface area contributed by atoms with Gasteiger partial charge in [-0.2, -0.15) is 15.8 Å². The van der Waals surface area contributed by atoms with E-state index in [4.69, 9.17) is 14.9 Å². The summed E-state index contributed by atoms with van der Waals surface area (Å²) in [5.41, 5.74) is -0.485. The Hall–Kier alpha value is -3.34. The number of para-hydroxylation sites is 1. The zero-order valence-corrected chi connectivity index (χ0v) is 16.1. The van der Waals surface area contributed by atoms with Gasteiger partial charge in [-0.1, -0.05) is 18.2 Å². The van der Waals surface area contributed by atoms with Crippen LogP contribution in [0.3, 0.4) is 0 Å². The van der Waals surface area contributed by atoms with E-state index in [1.165, 1.54) is 14.2 Å². The van der Waals surface area contributed by atoms with Gasteiger partial charge in [-0.25, -0.2) is 0 Å². The molecule has 1 fully saturated rings. The number of likely N-dealkylation sites (N-methyl/N-ethyl adjacent to an activating group) is 1. The molecule has 7 nitrogen and oxygen atoms in total. The van der Waals surface area contributed by atoms with Gasteiger partial charge in [-0.3, -0.25) is 0 Å². The SMILES string of the molecule is COc1cccc([C@H]2[C@H]3CN(C)CC=C3C(C#N)C(=N)C2(C#N)C#N)c1OC. The van der Waals surface area contributed by atoms with Gasteiger partial charge in [-0.05, 0) is 18.7 Å². The van der Waals surface area contributed by atoms with Crippen LogP contribution in [0.1, 0.15) is 11.5 Å². The lowest BCUT2D eigenvalue weighted by molar-refractivity contribution is 0.231. The van der Waals surface area contributed by atoms with Gasteiger partial charge in [0.15, 0.2) is 16.9 Å². The van der Waals surface area contributed by atoms with Gasteiger partial charge in [0.1, 0.15) is 5.92 Å². The average Bonchev–Trinajstić information content (AvgIpc) is 2.72. The first-order valence-electron chi connectivity index (χ1n) is 8.89. The average molecular weight is 375 g/mol. The first-order valence-corrected chi connectivity index (χ1v) is 8.89. The number of nitrogens with one attached hydrogen (secondary N) is 1. The first kappa shape index (κ1) is 19.4. The topological polar surface area (TPSA) is 117 Å². The molecule has 1 aromatic carbocycles. The number of methoxy groups -OCH3 is 2. The van der Waals surface area contributed by atoms with Gasteiger partial charge in [0.05, 0.1) is 38.1 Å². The highest BCUT2D eigenvalue weighted by Crippen LogP contribution is 2.55. The Bertz CT molecular complexity index is 948. The second kappa shape index (κ2) is 7.35. The first-order chi connectivity index (χ1) is 13.5. The fourth-order valence-corrected chi connectivity index (χ4v) is 4.45. The van der Waals surface area contributed by atoms with E-state index in [9.17, 15) is 15.8 Å². The number of hydrogen-bond acceptors (Lipinski definition) is 7. The van der Waals surface area contributed by atoms with Crippen molar-refractivity contribution in [3.05, 3.63) is 35.4 Å². The molecule has 3 rings (SSSR count). The molecule has 28 heavy (non-hydrogen) atoms. The lowest BCUT2D eigenvalue weighted by Gasteiger charge is -2.47. The van der Waals surface area contributed by atoms with Gasteiger partial charge >= 0.3 is 0 Å². The van der Waals surface area contributed by atoms with Crippen LogP contribution in [-0.4, -0.2) is 45.0 Å². The van der Waals surface area contributed by atoms with Gasteiger partial charge in [-0.15, -0.1) is 0 Å². The molecule has 2 aliphatic rings. The summed E-state index contributed by atoms with van der Waals surface area (Å²) < 4.78 is 11.0. The highest BCUT2D eigenvalue weighted by molar-refractivity contribution is 6.01. The van der Waals surface area contributed by atoms with E-state index in [1.54, 1.807) is 12.1 Å². The summed E-state index contributed by atoms with van der Waals surface area (Å²) >= 11 is 0. The molecule has 1 saturated carbocycles. The molecular weight excluding hydrogens is 354 g/mol. The summed E-state index contributed by atoms with van der Waals surface area (Å²) in [5.74, 6) is -0.851. The van der Waals surface area contributed by atoms with E-state index < -0.39 is 17.3 Å². The molecule has 3 atom stereocenters. The third-order valence-corrected chi connectivity index (χ3v) is 5.74. The summed E-state index contributed by atoms with van der Waals surface area (Å²) in [5, 5.41) is 38.5. The van der Waals surface area contributed by atoms with Crippen molar-refractivity contribution in [1.82, 2.24) is 4.90 Å². The van der Waals surface area contributed by atoms with Crippen LogP contribution >= 0.6 is 0 Å². The van der Waals surface area contributed by atoms with Crippen molar-refractivity contribution in [2.45, 2.75) is 5.92 Å². The highest BCUT2D eigenvalue weighted by atomic mass is 16.5. The van der Waals surface area contributed by atoms with Crippen molar-refractivity contribution < 1.29 is 9.47 Å². The summed E-state index contributed by atoms with van der Waals surface area (Å²) in [4.78, 5) is 2.08. The Morgan fingerprint density at radius 2 is 1.89 bits per heavy atom.